The number of anilines is 1. The molecule has 29 heavy (non-hydrogen) atoms. The summed E-state index contributed by atoms with van der Waals surface area (Å²) in [4.78, 5) is 26.8. The van der Waals surface area contributed by atoms with Crippen LogP contribution >= 0.6 is 46.4 Å². The van der Waals surface area contributed by atoms with Gasteiger partial charge in [-0.25, -0.2) is 0 Å². The van der Waals surface area contributed by atoms with Crippen LogP contribution in [0.2, 0.25) is 5.02 Å². The van der Waals surface area contributed by atoms with E-state index in [4.69, 9.17) is 33.3 Å². The molecule has 0 bridgehead atoms. The van der Waals surface area contributed by atoms with Crippen LogP contribution in [0.1, 0.15) is 12.5 Å². The minimum atomic E-state index is -0.562. The van der Waals surface area contributed by atoms with E-state index in [0.717, 1.165) is 3.57 Å². The van der Waals surface area contributed by atoms with Crippen LogP contribution in [0.15, 0.2) is 42.0 Å². The summed E-state index contributed by atoms with van der Waals surface area (Å²) >= 11 is 13.2. The summed E-state index contributed by atoms with van der Waals surface area (Å²) < 4.78 is 11.8. The highest BCUT2D eigenvalue weighted by Crippen LogP contribution is 2.35. The van der Waals surface area contributed by atoms with Gasteiger partial charge in [-0.05, 0) is 89.8 Å². The molecule has 6 nitrogen and oxygen atoms in total. The zero-order valence-electron chi connectivity index (χ0n) is 15.5. The number of hydrogen-bond donors (Lipinski definition) is 1. The maximum Gasteiger partial charge on any atom is 0.270 e. The SMILES string of the molecule is CCOc1c(I)cc(/C=C2\C(=O)NC(=S)N(c3ccc(Cl)cc3)C2=O)cc1OC. The number of methoxy groups -OCH3 is 1. The van der Waals surface area contributed by atoms with Crippen molar-refractivity contribution < 1.29 is 19.1 Å². The van der Waals surface area contributed by atoms with E-state index in [1.54, 1.807) is 36.4 Å². The van der Waals surface area contributed by atoms with Crippen molar-refractivity contribution >= 4 is 75.1 Å². The molecule has 1 heterocycles. The Morgan fingerprint density at radius 3 is 2.55 bits per heavy atom. The summed E-state index contributed by atoms with van der Waals surface area (Å²) in [5.74, 6) is 0.0393. The van der Waals surface area contributed by atoms with Crippen molar-refractivity contribution in [1.82, 2.24) is 5.32 Å². The molecule has 1 N–H and O–H groups in total. The zero-order chi connectivity index (χ0) is 21.1. The lowest BCUT2D eigenvalue weighted by Crippen LogP contribution is -2.54. The first-order valence-corrected chi connectivity index (χ1v) is 10.4. The third-order valence-corrected chi connectivity index (χ3v) is 5.38. The van der Waals surface area contributed by atoms with E-state index in [0.29, 0.717) is 34.4 Å². The summed E-state index contributed by atoms with van der Waals surface area (Å²) in [6, 6.07) is 10.1. The third-order valence-electron chi connectivity index (χ3n) is 4.04. The number of halogens is 2. The molecule has 0 aliphatic carbocycles. The van der Waals surface area contributed by atoms with Crippen molar-refractivity contribution in [3.63, 3.8) is 0 Å². The summed E-state index contributed by atoms with van der Waals surface area (Å²) in [5.41, 5.74) is 1.08. The van der Waals surface area contributed by atoms with Crippen molar-refractivity contribution in [3.05, 3.63) is 56.1 Å². The highest BCUT2D eigenvalue weighted by Gasteiger charge is 2.34. The van der Waals surface area contributed by atoms with Crippen molar-refractivity contribution in [2.45, 2.75) is 6.92 Å². The Morgan fingerprint density at radius 2 is 1.93 bits per heavy atom. The number of hydrogen-bond acceptors (Lipinski definition) is 5. The molecule has 0 aromatic heterocycles. The van der Waals surface area contributed by atoms with Crippen molar-refractivity contribution in [3.8, 4) is 11.5 Å². The molecule has 0 spiro atoms. The second kappa shape index (κ2) is 9.10. The fraction of sp³-hybridized carbons (Fsp3) is 0.150. The number of thiocarbonyl (C=S) groups is 1. The number of ether oxygens (including phenoxy) is 2. The summed E-state index contributed by atoms with van der Waals surface area (Å²) in [5, 5.41) is 3.10. The Kier molecular flexibility index (Phi) is 6.76. The first kappa shape index (κ1) is 21.5. The molecule has 2 aromatic rings. The molecule has 0 saturated carbocycles. The van der Waals surface area contributed by atoms with E-state index in [-0.39, 0.29) is 10.7 Å². The fourth-order valence-electron chi connectivity index (χ4n) is 2.76. The van der Waals surface area contributed by atoms with E-state index < -0.39 is 11.8 Å². The van der Waals surface area contributed by atoms with Gasteiger partial charge in [-0.15, -0.1) is 0 Å². The summed E-state index contributed by atoms with van der Waals surface area (Å²) in [7, 11) is 1.53. The molecule has 1 saturated heterocycles. The minimum Gasteiger partial charge on any atom is -0.493 e. The van der Waals surface area contributed by atoms with Gasteiger partial charge in [0.25, 0.3) is 11.8 Å². The number of carbonyl (C=O) groups is 2. The normalized spacial score (nSPS) is 15.5. The van der Waals surface area contributed by atoms with Gasteiger partial charge < -0.3 is 9.47 Å². The molecule has 2 aromatic carbocycles. The maximum atomic E-state index is 13.1. The van der Waals surface area contributed by atoms with E-state index in [9.17, 15) is 9.59 Å². The Labute approximate surface area is 191 Å². The molecule has 3 rings (SSSR count). The van der Waals surface area contributed by atoms with E-state index in [2.05, 4.69) is 27.9 Å². The van der Waals surface area contributed by atoms with Crippen LogP contribution in [0.25, 0.3) is 6.08 Å². The van der Waals surface area contributed by atoms with Gasteiger partial charge in [0.2, 0.25) is 0 Å². The molecular weight excluding hydrogens is 527 g/mol. The highest BCUT2D eigenvalue weighted by molar-refractivity contribution is 14.1. The van der Waals surface area contributed by atoms with Crippen LogP contribution in [-0.2, 0) is 9.59 Å². The zero-order valence-corrected chi connectivity index (χ0v) is 19.2. The van der Waals surface area contributed by atoms with Crippen LogP contribution in [0.5, 0.6) is 11.5 Å². The van der Waals surface area contributed by atoms with Crippen LogP contribution < -0.4 is 19.7 Å². The molecule has 150 valence electrons. The number of nitrogens with zero attached hydrogens (tertiary/aromatic N) is 1. The van der Waals surface area contributed by atoms with Gasteiger partial charge >= 0.3 is 0 Å². The van der Waals surface area contributed by atoms with Crippen LogP contribution in [0.4, 0.5) is 5.69 Å². The van der Waals surface area contributed by atoms with E-state index >= 15 is 0 Å². The number of carbonyl (C=O) groups excluding carboxylic acids is 2. The van der Waals surface area contributed by atoms with Gasteiger partial charge in [-0.3, -0.25) is 19.8 Å². The van der Waals surface area contributed by atoms with E-state index in [1.807, 2.05) is 6.92 Å². The molecule has 0 radical (unpaired) electrons. The summed E-state index contributed by atoms with van der Waals surface area (Å²) in [6.07, 6.45) is 1.50. The first-order chi connectivity index (χ1) is 13.8. The molecular formula is C20H16ClIN2O4S. The molecule has 1 fully saturated rings. The standard InChI is InChI=1S/C20H16ClIN2O4S/c1-3-28-17-15(22)9-11(10-16(17)27-2)8-14-18(25)23-20(29)24(19(14)26)13-6-4-12(21)5-7-13/h4-10H,3H2,1-2H3,(H,23,25,29)/b14-8+. The number of amides is 2. The fourth-order valence-corrected chi connectivity index (χ4v) is 3.94. The number of nitrogens with one attached hydrogen (secondary N) is 1. The Balaban J connectivity index is 2.02. The molecule has 0 atom stereocenters. The molecule has 2 amide bonds. The Bertz CT molecular complexity index is 1020. The number of benzene rings is 2. The van der Waals surface area contributed by atoms with Crippen molar-refractivity contribution in [1.29, 1.82) is 0 Å². The smallest absolute Gasteiger partial charge is 0.270 e. The third kappa shape index (κ3) is 4.54. The Morgan fingerprint density at radius 1 is 1.24 bits per heavy atom. The predicted molar refractivity (Wildman–Crippen MR) is 125 cm³/mol. The van der Waals surface area contributed by atoms with Gasteiger partial charge in [0.1, 0.15) is 5.57 Å². The molecule has 1 aliphatic rings. The minimum absolute atomic E-state index is 0.0123. The van der Waals surface area contributed by atoms with Crippen molar-refractivity contribution in [2.75, 3.05) is 18.6 Å². The van der Waals surface area contributed by atoms with Gasteiger partial charge in [-0.1, -0.05) is 11.6 Å². The largest absolute Gasteiger partial charge is 0.493 e. The average molecular weight is 543 g/mol. The van der Waals surface area contributed by atoms with Gasteiger partial charge in [-0.2, -0.15) is 0 Å². The second-order valence-electron chi connectivity index (χ2n) is 5.90. The summed E-state index contributed by atoms with van der Waals surface area (Å²) in [6.45, 7) is 2.37. The van der Waals surface area contributed by atoms with Crippen LogP contribution in [0.3, 0.4) is 0 Å². The number of rotatable bonds is 5. The second-order valence-corrected chi connectivity index (χ2v) is 7.89. The monoisotopic (exact) mass is 542 g/mol. The predicted octanol–water partition coefficient (Wildman–Crippen LogP) is 4.18. The van der Waals surface area contributed by atoms with Crippen LogP contribution in [0, 0.1) is 3.57 Å². The van der Waals surface area contributed by atoms with Crippen molar-refractivity contribution in [2.24, 2.45) is 0 Å². The molecule has 9 heteroatoms. The average Bonchev–Trinajstić information content (AvgIpc) is 2.68. The topological polar surface area (TPSA) is 67.9 Å². The van der Waals surface area contributed by atoms with E-state index in [1.165, 1.54) is 18.1 Å². The first-order valence-electron chi connectivity index (χ1n) is 8.53. The van der Waals surface area contributed by atoms with Gasteiger partial charge in [0.15, 0.2) is 16.6 Å². The highest BCUT2D eigenvalue weighted by atomic mass is 127. The lowest BCUT2D eigenvalue weighted by molar-refractivity contribution is -0.122. The van der Waals surface area contributed by atoms with Gasteiger partial charge in [0.05, 0.1) is 23.0 Å². The maximum absolute atomic E-state index is 13.1. The quantitative estimate of drug-likeness (QED) is 0.266. The lowest BCUT2D eigenvalue weighted by Gasteiger charge is -2.29. The molecule has 1 aliphatic heterocycles. The Hall–Kier alpha value is -2.17. The molecule has 0 unspecified atom stereocenters. The van der Waals surface area contributed by atoms with Crippen LogP contribution in [-0.4, -0.2) is 30.6 Å². The van der Waals surface area contributed by atoms with Gasteiger partial charge in [0, 0.05) is 5.02 Å². The lowest BCUT2D eigenvalue weighted by atomic mass is 10.1.